The van der Waals surface area contributed by atoms with E-state index in [0.717, 1.165) is 11.1 Å². The van der Waals surface area contributed by atoms with Crippen LogP contribution in [0.2, 0.25) is 0 Å². The lowest BCUT2D eigenvalue weighted by molar-refractivity contribution is -0.121. The Hall–Kier alpha value is -2.96. The highest BCUT2D eigenvalue weighted by Crippen LogP contribution is 2.23. The molecule has 3 heterocycles. The third kappa shape index (κ3) is 3.99. The Bertz CT molecular complexity index is 812. The van der Waals surface area contributed by atoms with Crippen molar-refractivity contribution in [3.8, 4) is 5.75 Å². The number of hydrogen-bond donors (Lipinski definition) is 2. The summed E-state index contributed by atoms with van der Waals surface area (Å²) in [5, 5.41) is 12.8. The minimum atomic E-state index is -0.304. The molecule has 7 heteroatoms. The molecule has 0 aliphatic carbocycles. The fourth-order valence-corrected chi connectivity index (χ4v) is 2.98. The molecule has 2 N–H and O–H groups in total. The Balaban J connectivity index is 1.57. The summed E-state index contributed by atoms with van der Waals surface area (Å²) in [4.78, 5) is 34.8. The van der Waals surface area contributed by atoms with E-state index in [4.69, 9.17) is 0 Å². The van der Waals surface area contributed by atoms with Crippen molar-refractivity contribution in [1.82, 2.24) is 14.9 Å². The number of aromatic hydroxyl groups is 1. The number of aryl methyl sites for hydroxylation is 2. The summed E-state index contributed by atoms with van der Waals surface area (Å²) in [6.45, 7) is 4.64. The van der Waals surface area contributed by atoms with Crippen molar-refractivity contribution in [3.05, 3.63) is 47.4 Å². The number of carbonyl (C=O) groups is 2. The van der Waals surface area contributed by atoms with E-state index in [1.54, 1.807) is 30.3 Å². The van der Waals surface area contributed by atoms with Crippen LogP contribution in [0.3, 0.4) is 0 Å². The summed E-state index contributed by atoms with van der Waals surface area (Å²) < 4.78 is 0. The number of rotatable bonds is 3. The molecule has 2 aromatic rings. The van der Waals surface area contributed by atoms with Crippen LogP contribution in [-0.4, -0.2) is 44.9 Å². The molecule has 26 heavy (non-hydrogen) atoms. The first-order valence-electron chi connectivity index (χ1n) is 8.62. The van der Waals surface area contributed by atoms with Crippen molar-refractivity contribution in [2.45, 2.75) is 26.7 Å². The second-order valence-corrected chi connectivity index (χ2v) is 6.66. The van der Waals surface area contributed by atoms with E-state index in [1.165, 1.54) is 6.07 Å². The van der Waals surface area contributed by atoms with E-state index >= 15 is 0 Å². The highest BCUT2D eigenvalue weighted by atomic mass is 16.3. The standard InChI is InChI=1S/C19H22N4O3/c1-12-3-4-16(20-10-12)22-18(25)14-5-7-23(8-6-14)19(26)17-15(24)9-13(2)11-21-17/h3-4,9-11,14,24H,5-8H2,1-2H3,(H,20,22,25). The number of nitrogens with one attached hydrogen (secondary N) is 1. The maximum atomic E-state index is 12.5. The van der Waals surface area contributed by atoms with Crippen molar-refractivity contribution in [2.24, 2.45) is 5.92 Å². The third-order valence-corrected chi connectivity index (χ3v) is 4.52. The molecule has 136 valence electrons. The van der Waals surface area contributed by atoms with Gasteiger partial charge in [-0.2, -0.15) is 0 Å². The van der Waals surface area contributed by atoms with Gasteiger partial charge in [0.1, 0.15) is 11.6 Å². The van der Waals surface area contributed by atoms with Crippen LogP contribution in [0, 0.1) is 19.8 Å². The molecular weight excluding hydrogens is 332 g/mol. The number of pyridine rings is 2. The molecule has 1 aliphatic rings. The molecule has 2 amide bonds. The summed E-state index contributed by atoms with van der Waals surface area (Å²) in [7, 11) is 0. The van der Waals surface area contributed by atoms with Crippen LogP contribution in [0.5, 0.6) is 5.75 Å². The Morgan fingerprint density at radius 3 is 2.42 bits per heavy atom. The van der Waals surface area contributed by atoms with Crippen LogP contribution in [0.25, 0.3) is 0 Å². The number of hydrogen-bond acceptors (Lipinski definition) is 5. The van der Waals surface area contributed by atoms with Crippen LogP contribution in [0.1, 0.15) is 34.5 Å². The molecule has 7 nitrogen and oxygen atoms in total. The lowest BCUT2D eigenvalue weighted by atomic mass is 9.95. The van der Waals surface area contributed by atoms with Gasteiger partial charge in [0.25, 0.3) is 5.91 Å². The molecule has 0 saturated carbocycles. The number of nitrogens with zero attached hydrogens (tertiary/aromatic N) is 3. The summed E-state index contributed by atoms with van der Waals surface area (Å²) >= 11 is 0. The van der Waals surface area contributed by atoms with Crippen LogP contribution >= 0.6 is 0 Å². The molecule has 1 saturated heterocycles. The molecule has 3 rings (SSSR count). The molecule has 2 aromatic heterocycles. The quantitative estimate of drug-likeness (QED) is 0.882. The number of carbonyl (C=O) groups excluding carboxylic acids is 2. The lowest BCUT2D eigenvalue weighted by Crippen LogP contribution is -2.41. The third-order valence-electron chi connectivity index (χ3n) is 4.52. The number of likely N-dealkylation sites (tertiary alicyclic amines) is 1. The first-order valence-corrected chi connectivity index (χ1v) is 8.62. The topological polar surface area (TPSA) is 95.4 Å². The fourth-order valence-electron chi connectivity index (χ4n) is 2.98. The molecule has 0 atom stereocenters. The Labute approximate surface area is 152 Å². The van der Waals surface area contributed by atoms with E-state index in [2.05, 4.69) is 15.3 Å². The number of piperidine rings is 1. The van der Waals surface area contributed by atoms with Gasteiger partial charge in [0.2, 0.25) is 5.91 Å². The van der Waals surface area contributed by atoms with Gasteiger partial charge in [-0.1, -0.05) is 6.07 Å². The summed E-state index contributed by atoms with van der Waals surface area (Å²) in [5.74, 6) is -0.124. The molecular formula is C19H22N4O3. The zero-order chi connectivity index (χ0) is 18.7. The van der Waals surface area contributed by atoms with Gasteiger partial charge in [0, 0.05) is 31.4 Å². The highest BCUT2D eigenvalue weighted by molar-refractivity contribution is 5.95. The van der Waals surface area contributed by atoms with E-state index in [-0.39, 0.29) is 29.2 Å². The zero-order valence-corrected chi connectivity index (χ0v) is 14.9. The smallest absolute Gasteiger partial charge is 0.276 e. The predicted octanol–water partition coefficient (Wildman–Crippen LogP) is 2.29. The summed E-state index contributed by atoms with van der Waals surface area (Å²) in [6.07, 6.45) is 4.39. The van der Waals surface area contributed by atoms with Crippen molar-refractivity contribution >= 4 is 17.6 Å². The lowest BCUT2D eigenvalue weighted by Gasteiger charge is -2.31. The zero-order valence-electron chi connectivity index (χ0n) is 14.9. The first-order chi connectivity index (χ1) is 12.4. The van der Waals surface area contributed by atoms with Crippen LogP contribution in [0.4, 0.5) is 5.82 Å². The predicted molar refractivity (Wildman–Crippen MR) is 96.9 cm³/mol. The molecule has 0 unspecified atom stereocenters. The second-order valence-electron chi connectivity index (χ2n) is 6.66. The van der Waals surface area contributed by atoms with Crippen LogP contribution in [-0.2, 0) is 4.79 Å². The van der Waals surface area contributed by atoms with Gasteiger partial charge in [-0.05, 0) is 49.9 Å². The highest BCUT2D eigenvalue weighted by Gasteiger charge is 2.29. The molecule has 1 fully saturated rings. The fraction of sp³-hybridized carbons (Fsp3) is 0.368. The number of anilines is 1. The van der Waals surface area contributed by atoms with Crippen molar-refractivity contribution < 1.29 is 14.7 Å². The van der Waals surface area contributed by atoms with Gasteiger partial charge < -0.3 is 15.3 Å². The van der Waals surface area contributed by atoms with Gasteiger partial charge in [-0.3, -0.25) is 9.59 Å². The van der Waals surface area contributed by atoms with Gasteiger partial charge >= 0.3 is 0 Å². The van der Waals surface area contributed by atoms with E-state index in [0.29, 0.717) is 31.7 Å². The maximum Gasteiger partial charge on any atom is 0.276 e. The second kappa shape index (κ2) is 7.51. The van der Waals surface area contributed by atoms with Crippen molar-refractivity contribution in [2.75, 3.05) is 18.4 Å². The van der Waals surface area contributed by atoms with Gasteiger partial charge in [0.15, 0.2) is 5.69 Å². The molecule has 0 bridgehead atoms. The minimum absolute atomic E-state index is 0.0577. The average molecular weight is 354 g/mol. The van der Waals surface area contributed by atoms with E-state index in [1.807, 2.05) is 13.0 Å². The Morgan fingerprint density at radius 2 is 1.81 bits per heavy atom. The molecule has 0 spiro atoms. The number of amides is 2. The molecule has 0 radical (unpaired) electrons. The van der Waals surface area contributed by atoms with Gasteiger partial charge in [-0.15, -0.1) is 0 Å². The van der Waals surface area contributed by atoms with Gasteiger partial charge in [-0.25, -0.2) is 9.97 Å². The summed E-state index contributed by atoms with van der Waals surface area (Å²) in [6, 6.07) is 5.19. The Kier molecular flexibility index (Phi) is 5.16. The van der Waals surface area contributed by atoms with Gasteiger partial charge in [0.05, 0.1) is 0 Å². The van der Waals surface area contributed by atoms with Crippen molar-refractivity contribution in [1.29, 1.82) is 0 Å². The monoisotopic (exact) mass is 354 g/mol. The normalized spacial score (nSPS) is 14.9. The SMILES string of the molecule is Cc1ccc(NC(=O)C2CCN(C(=O)c3ncc(C)cc3O)CC2)nc1. The largest absolute Gasteiger partial charge is 0.505 e. The maximum absolute atomic E-state index is 12.5. The van der Waals surface area contributed by atoms with Crippen LogP contribution in [0.15, 0.2) is 30.6 Å². The van der Waals surface area contributed by atoms with E-state index < -0.39 is 0 Å². The molecule has 1 aliphatic heterocycles. The van der Waals surface area contributed by atoms with Crippen molar-refractivity contribution in [3.63, 3.8) is 0 Å². The minimum Gasteiger partial charge on any atom is -0.505 e. The van der Waals surface area contributed by atoms with Crippen LogP contribution < -0.4 is 5.32 Å². The number of aromatic nitrogens is 2. The average Bonchev–Trinajstić information content (AvgIpc) is 2.63. The molecule has 0 aromatic carbocycles. The Morgan fingerprint density at radius 1 is 1.12 bits per heavy atom. The summed E-state index contributed by atoms with van der Waals surface area (Å²) in [5.41, 5.74) is 1.88. The van der Waals surface area contributed by atoms with E-state index in [9.17, 15) is 14.7 Å². The first kappa shape index (κ1) is 17.8.